The minimum atomic E-state index is -0.254. The van der Waals surface area contributed by atoms with Gasteiger partial charge in [-0.05, 0) is 29.8 Å². The van der Waals surface area contributed by atoms with Crippen LogP contribution in [0, 0.1) is 0 Å². The van der Waals surface area contributed by atoms with Crippen LogP contribution in [0.1, 0.15) is 15.9 Å². The molecule has 0 aliphatic carbocycles. The third-order valence-corrected chi connectivity index (χ3v) is 5.03. The minimum absolute atomic E-state index is 0.254. The number of nitrogens with zero attached hydrogens (tertiary/aromatic N) is 3. The number of thiazole rings is 1. The lowest BCUT2D eigenvalue weighted by Gasteiger charge is -2.05. The summed E-state index contributed by atoms with van der Waals surface area (Å²) in [6.07, 6.45) is 3.17. The summed E-state index contributed by atoms with van der Waals surface area (Å²) in [5.74, 6) is -0.254. The molecule has 0 unspecified atom stereocenters. The monoisotopic (exact) mass is 360 g/mol. The van der Waals surface area contributed by atoms with Crippen LogP contribution in [0.25, 0.3) is 10.2 Å². The molecule has 0 bridgehead atoms. The standard InChI is InChI=1S/C20H16N4OS/c25-19(16-10-12-21-13-11-16)22-23-20-24(14-15-6-2-1-3-7-15)17-8-4-5-9-18(17)26-20/h1-13H,14H2,(H,22,25)/b23-20+. The highest BCUT2D eigenvalue weighted by molar-refractivity contribution is 7.16. The molecule has 1 N–H and O–H groups in total. The zero-order valence-corrected chi connectivity index (χ0v) is 14.7. The largest absolute Gasteiger partial charge is 0.311 e. The van der Waals surface area contributed by atoms with Gasteiger partial charge in [0, 0.05) is 18.0 Å². The first-order chi connectivity index (χ1) is 12.8. The van der Waals surface area contributed by atoms with Crippen molar-refractivity contribution in [3.63, 3.8) is 0 Å². The maximum absolute atomic E-state index is 12.3. The lowest BCUT2D eigenvalue weighted by Crippen LogP contribution is -2.24. The second-order valence-corrected chi connectivity index (χ2v) is 6.72. The van der Waals surface area contributed by atoms with Crippen LogP contribution in [0.5, 0.6) is 0 Å². The summed E-state index contributed by atoms with van der Waals surface area (Å²) in [5, 5.41) is 4.38. The Kier molecular flexibility index (Phi) is 4.57. The van der Waals surface area contributed by atoms with Crippen LogP contribution in [-0.4, -0.2) is 15.5 Å². The summed E-state index contributed by atoms with van der Waals surface area (Å²) in [7, 11) is 0. The number of aromatic nitrogens is 2. The van der Waals surface area contributed by atoms with Gasteiger partial charge < -0.3 is 4.57 Å². The molecule has 2 heterocycles. The average molecular weight is 360 g/mol. The lowest BCUT2D eigenvalue weighted by molar-refractivity contribution is 0.0953. The molecule has 0 atom stereocenters. The molecule has 5 nitrogen and oxygen atoms in total. The molecule has 0 saturated carbocycles. The van der Waals surface area contributed by atoms with Crippen LogP contribution in [0.2, 0.25) is 0 Å². The number of carbonyl (C=O) groups is 1. The lowest BCUT2D eigenvalue weighted by atomic mass is 10.2. The van der Waals surface area contributed by atoms with Crippen molar-refractivity contribution in [2.75, 3.05) is 0 Å². The molecule has 0 aliphatic rings. The van der Waals surface area contributed by atoms with Gasteiger partial charge in [0.2, 0.25) is 4.80 Å². The van der Waals surface area contributed by atoms with E-state index >= 15 is 0 Å². The molecule has 0 fully saturated rings. The molecule has 4 rings (SSSR count). The second-order valence-electron chi connectivity index (χ2n) is 5.71. The molecule has 2 aromatic carbocycles. The Hall–Kier alpha value is -3.25. The molecule has 26 heavy (non-hydrogen) atoms. The molecule has 128 valence electrons. The third kappa shape index (κ3) is 3.41. The van der Waals surface area contributed by atoms with Gasteiger partial charge >= 0.3 is 0 Å². The van der Waals surface area contributed by atoms with Crippen molar-refractivity contribution < 1.29 is 4.79 Å². The fraction of sp³-hybridized carbons (Fsp3) is 0.0500. The quantitative estimate of drug-likeness (QED) is 0.567. The van der Waals surface area contributed by atoms with Crippen molar-refractivity contribution in [1.29, 1.82) is 0 Å². The van der Waals surface area contributed by atoms with Crippen molar-refractivity contribution >= 4 is 27.5 Å². The maximum atomic E-state index is 12.3. The SMILES string of the molecule is O=C(N/N=c1/sc2ccccc2n1Cc1ccccc1)c1ccncc1. The summed E-state index contributed by atoms with van der Waals surface area (Å²) >= 11 is 1.55. The third-order valence-electron chi connectivity index (χ3n) is 3.97. The molecular weight excluding hydrogens is 344 g/mol. The van der Waals surface area contributed by atoms with E-state index in [0.29, 0.717) is 12.1 Å². The molecule has 6 heteroatoms. The Labute approximate surface area is 154 Å². The highest BCUT2D eigenvalue weighted by Crippen LogP contribution is 2.17. The van der Waals surface area contributed by atoms with Crippen molar-refractivity contribution in [3.8, 4) is 0 Å². The number of nitrogens with one attached hydrogen (secondary N) is 1. The van der Waals surface area contributed by atoms with Crippen molar-refractivity contribution in [2.45, 2.75) is 6.54 Å². The zero-order chi connectivity index (χ0) is 17.8. The van der Waals surface area contributed by atoms with Gasteiger partial charge in [0.1, 0.15) is 0 Å². The number of amides is 1. The van der Waals surface area contributed by atoms with E-state index in [1.165, 1.54) is 5.56 Å². The highest BCUT2D eigenvalue weighted by Gasteiger charge is 2.08. The van der Waals surface area contributed by atoms with Gasteiger partial charge in [-0.3, -0.25) is 9.78 Å². The summed E-state index contributed by atoms with van der Waals surface area (Å²) in [6.45, 7) is 0.689. The number of hydrogen-bond donors (Lipinski definition) is 1. The van der Waals surface area contributed by atoms with Crippen LogP contribution < -0.4 is 10.2 Å². The van der Waals surface area contributed by atoms with Crippen LogP contribution in [0.4, 0.5) is 0 Å². The molecule has 0 aliphatic heterocycles. The predicted octanol–water partition coefficient (Wildman–Crippen LogP) is 3.39. The number of para-hydroxylation sites is 1. The van der Waals surface area contributed by atoms with Gasteiger partial charge in [-0.15, -0.1) is 5.10 Å². The first-order valence-electron chi connectivity index (χ1n) is 8.18. The van der Waals surface area contributed by atoms with E-state index in [4.69, 9.17) is 0 Å². The van der Waals surface area contributed by atoms with E-state index in [9.17, 15) is 4.79 Å². The van der Waals surface area contributed by atoms with Gasteiger partial charge in [0.15, 0.2) is 0 Å². The predicted molar refractivity (Wildman–Crippen MR) is 103 cm³/mol. The number of pyridine rings is 1. The van der Waals surface area contributed by atoms with E-state index in [-0.39, 0.29) is 5.91 Å². The Bertz CT molecular complexity index is 1100. The fourth-order valence-electron chi connectivity index (χ4n) is 2.69. The maximum Gasteiger partial charge on any atom is 0.271 e. The topological polar surface area (TPSA) is 59.3 Å². The molecule has 4 aromatic rings. The number of carbonyl (C=O) groups excluding carboxylic acids is 1. The van der Waals surface area contributed by atoms with E-state index in [1.54, 1.807) is 35.9 Å². The van der Waals surface area contributed by atoms with E-state index < -0.39 is 0 Å². The van der Waals surface area contributed by atoms with E-state index in [2.05, 4.69) is 44.3 Å². The second kappa shape index (κ2) is 7.33. The van der Waals surface area contributed by atoms with Crippen molar-refractivity contribution in [2.24, 2.45) is 5.10 Å². The Morgan fingerprint density at radius 3 is 2.54 bits per heavy atom. The molecule has 0 saturated heterocycles. The summed E-state index contributed by atoms with van der Waals surface area (Å²) in [5.41, 5.74) is 5.45. The van der Waals surface area contributed by atoms with Gasteiger partial charge in [-0.2, -0.15) is 0 Å². The first kappa shape index (κ1) is 16.2. The Morgan fingerprint density at radius 2 is 1.73 bits per heavy atom. The fourth-order valence-corrected chi connectivity index (χ4v) is 3.68. The smallest absolute Gasteiger partial charge is 0.271 e. The number of fused-ring (bicyclic) bond motifs is 1. The molecule has 1 amide bonds. The average Bonchev–Trinajstić information content (AvgIpc) is 3.05. The van der Waals surface area contributed by atoms with Crippen molar-refractivity contribution in [1.82, 2.24) is 15.0 Å². The number of hydrogen-bond acceptors (Lipinski definition) is 4. The Morgan fingerprint density at radius 1 is 1.00 bits per heavy atom. The van der Waals surface area contributed by atoms with E-state index in [1.807, 2.05) is 30.3 Å². The van der Waals surface area contributed by atoms with Crippen molar-refractivity contribution in [3.05, 3.63) is 95.1 Å². The van der Waals surface area contributed by atoms with Gasteiger partial charge in [0.05, 0.1) is 16.8 Å². The molecule has 2 aromatic heterocycles. The van der Waals surface area contributed by atoms with Crippen LogP contribution in [0.3, 0.4) is 0 Å². The van der Waals surface area contributed by atoms with Crippen LogP contribution >= 0.6 is 11.3 Å². The summed E-state index contributed by atoms with van der Waals surface area (Å²) in [6, 6.07) is 21.7. The number of rotatable bonds is 4. The molecule has 0 radical (unpaired) electrons. The van der Waals surface area contributed by atoms with Crippen LogP contribution in [-0.2, 0) is 6.54 Å². The zero-order valence-electron chi connectivity index (χ0n) is 13.9. The number of benzene rings is 2. The Balaban J connectivity index is 1.72. The van der Waals surface area contributed by atoms with E-state index in [0.717, 1.165) is 15.0 Å². The highest BCUT2D eigenvalue weighted by atomic mass is 32.1. The van der Waals surface area contributed by atoms with Gasteiger partial charge in [-0.1, -0.05) is 53.8 Å². The molecule has 0 spiro atoms. The normalized spacial score (nSPS) is 11.6. The minimum Gasteiger partial charge on any atom is -0.311 e. The van der Waals surface area contributed by atoms with Gasteiger partial charge in [-0.25, -0.2) is 5.43 Å². The summed E-state index contributed by atoms with van der Waals surface area (Å²) < 4.78 is 3.24. The molecular formula is C20H16N4OS. The van der Waals surface area contributed by atoms with Gasteiger partial charge in [0.25, 0.3) is 5.91 Å². The first-order valence-corrected chi connectivity index (χ1v) is 8.99. The summed E-state index contributed by atoms with van der Waals surface area (Å²) in [4.78, 5) is 16.9. The van der Waals surface area contributed by atoms with Crippen LogP contribution in [0.15, 0.2) is 84.2 Å².